The van der Waals surface area contributed by atoms with Gasteiger partial charge in [0.2, 0.25) is 11.8 Å². The summed E-state index contributed by atoms with van der Waals surface area (Å²) in [5, 5.41) is 0. The Morgan fingerprint density at radius 1 is 0.966 bits per heavy atom. The smallest absolute Gasteiger partial charge is 0.349 e. The average Bonchev–Trinajstić information content (AvgIpc) is 2.99. The predicted molar refractivity (Wildman–Crippen MR) is 107 cm³/mol. The number of aryl methyl sites for hydroxylation is 1. The van der Waals surface area contributed by atoms with Gasteiger partial charge in [0.05, 0.1) is 17.5 Å². The number of esters is 1. The van der Waals surface area contributed by atoms with Crippen LogP contribution in [0.5, 0.6) is 11.5 Å². The topological polar surface area (TPSA) is 72.9 Å². The number of nitrogens with zero attached hydrogens (tertiary/aromatic N) is 1. The van der Waals surface area contributed by atoms with Gasteiger partial charge in [-0.3, -0.25) is 14.5 Å². The lowest BCUT2D eigenvalue weighted by atomic mass is 9.81. The molecule has 0 spiro atoms. The van der Waals surface area contributed by atoms with Crippen LogP contribution in [0.25, 0.3) is 0 Å². The van der Waals surface area contributed by atoms with Crippen LogP contribution in [-0.2, 0) is 14.4 Å². The molecule has 2 amide bonds. The molecule has 150 valence electrons. The molecule has 2 fully saturated rings. The van der Waals surface area contributed by atoms with E-state index in [4.69, 9.17) is 9.47 Å². The van der Waals surface area contributed by atoms with Crippen molar-refractivity contribution in [3.63, 3.8) is 0 Å². The van der Waals surface area contributed by atoms with Gasteiger partial charge >= 0.3 is 5.97 Å². The molecule has 4 rings (SSSR count). The molecule has 0 bridgehead atoms. The Morgan fingerprint density at radius 3 is 2.21 bits per heavy atom. The minimum atomic E-state index is -0.527. The number of imide groups is 1. The highest BCUT2D eigenvalue weighted by Gasteiger charge is 2.48. The summed E-state index contributed by atoms with van der Waals surface area (Å²) in [4.78, 5) is 38.7. The van der Waals surface area contributed by atoms with E-state index in [1.165, 1.54) is 4.90 Å². The lowest BCUT2D eigenvalue weighted by Gasteiger charge is -2.19. The third-order valence-corrected chi connectivity index (χ3v) is 5.61. The molecule has 2 aromatic carbocycles. The van der Waals surface area contributed by atoms with E-state index in [2.05, 4.69) is 0 Å². The number of carbonyl (C=O) groups is 3. The highest BCUT2D eigenvalue weighted by Crippen LogP contribution is 2.40. The van der Waals surface area contributed by atoms with Crippen LogP contribution in [0, 0.1) is 18.8 Å². The average molecular weight is 393 g/mol. The maximum Gasteiger partial charge on any atom is 0.349 e. The molecule has 1 heterocycles. The van der Waals surface area contributed by atoms with Crippen LogP contribution in [0.1, 0.15) is 31.2 Å². The molecule has 0 unspecified atom stereocenters. The lowest BCUT2D eigenvalue weighted by molar-refractivity contribution is -0.136. The third kappa shape index (κ3) is 3.88. The number of para-hydroxylation sites is 1. The normalized spacial score (nSPS) is 21.1. The first-order valence-electron chi connectivity index (χ1n) is 9.91. The van der Waals surface area contributed by atoms with E-state index < -0.39 is 5.97 Å². The minimum absolute atomic E-state index is 0.115. The van der Waals surface area contributed by atoms with Crippen molar-refractivity contribution in [3.8, 4) is 11.5 Å². The summed E-state index contributed by atoms with van der Waals surface area (Å²) in [7, 11) is 0. The summed E-state index contributed by atoms with van der Waals surface area (Å²) in [5.74, 6) is -0.164. The highest BCUT2D eigenvalue weighted by atomic mass is 16.6. The number of hydrogen-bond donors (Lipinski definition) is 0. The number of amides is 2. The Kier molecular flexibility index (Phi) is 5.34. The number of ether oxygens (including phenoxy) is 2. The van der Waals surface area contributed by atoms with E-state index >= 15 is 0 Å². The molecule has 2 aliphatic rings. The van der Waals surface area contributed by atoms with Gasteiger partial charge in [-0.05, 0) is 55.7 Å². The molecular weight excluding hydrogens is 370 g/mol. The maximum absolute atomic E-state index is 12.7. The van der Waals surface area contributed by atoms with Crippen LogP contribution in [0.15, 0.2) is 48.5 Å². The Bertz CT molecular complexity index is 913. The monoisotopic (exact) mass is 393 g/mol. The summed E-state index contributed by atoms with van der Waals surface area (Å²) < 4.78 is 10.8. The molecule has 0 radical (unpaired) electrons. The van der Waals surface area contributed by atoms with Crippen molar-refractivity contribution in [1.82, 2.24) is 0 Å². The fourth-order valence-corrected chi connectivity index (χ4v) is 4.10. The van der Waals surface area contributed by atoms with Crippen molar-refractivity contribution < 1.29 is 23.9 Å². The number of benzene rings is 2. The molecule has 1 saturated carbocycles. The zero-order valence-electron chi connectivity index (χ0n) is 16.3. The Hall–Kier alpha value is -3.15. The molecule has 0 N–H and O–H groups in total. The van der Waals surface area contributed by atoms with Crippen molar-refractivity contribution in [1.29, 1.82) is 0 Å². The zero-order chi connectivity index (χ0) is 20.4. The predicted octanol–water partition coefficient (Wildman–Crippen LogP) is 3.66. The van der Waals surface area contributed by atoms with Gasteiger partial charge in [0.15, 0.2) is 6.61 Å². The molecule has 2 aromatic rings. The van der Waals surface area contributed by atoms with E-state index in [0.29, 0.717) is 17.2 Å². The van der Waals surface area contributed by atoms with Crippen LogP contribution in [0.2, 0.25) is 0 Å². The number of fused-ring (bicyclic) bond motifs is 1. The Labute approximate surface area is 169 Å². The highest BCUT2D eigenvalue weighted by molar-refractivity contribution is 6.22. The molecule has 1 aliphatic heterocycles. The van der Waals surface area contributed by atoms with E-state index in [0.717, 1.165) is 31.2 Å². The second-order valence-corrected chi connectivity index (χ2v) is 7.53. The van der Waals surface area contributed by atoms with Gasteiger partial charge in [0, 0.05) is 0 Å². The van der Waals surface area contributed by atoms with Gasteiger partial charge in [-0.15, -0.1) is 0 Å². The molecule has 6 nitrogen and oxygen atoms in total. The number of rotatable bonds is 5. The van der Waals surface area contributed by atoms with Gasteiger partial charge in [0.1, 0.15) is 11.5 Å². The summed E-state index contributed by atoms with van der Waals surface area (Å²) in [6.07, 6.45) is 3.55. The van der Waals surface area contributed by atoms with E-state index in [1.807, 2.05) is 25.1 Å². The van der Waals surface area contributed by atoms with Crippen LogP contribution in [0.4, 0.5) is 5.69 Å². The van der Waals surface area contributed by atoms with Gasteiger partial charge < -0.3 is 9.47 Å². The fraction of sp³-hybridized carbons (Fsp3) is 0.348. The second kappa shape index (κ2) is 8.07. The molecule has 0 aromatic heterocycles. The second-order valence-electron chi connectivity index (χ2n) is 7.53. The molecule has 1 aliphatic carbocycles. The number of anilines is 1. The summed E-state index contributed by atoms with van der Waals surface area (Å²) in [6.45, 7) is 1.69. The summed E-state index contributed by atoms with van der Waals surface area (Å²) in [5.41, 5.74) is 1.45. The largest absolute Gasteiger partial charge is 0.482 e. The standard InChI is InChI=1S/C23H23NO5/c1-15-6-2-5-9-20(15)28-14-21(25)29-17-12-10-16(11-13-17)24-22(26)18-7-3-4-8-19(18)23(24)27/h2,5-6,9-13,18-19H,3-4,7-8,14H2,1H3/t18-,19-/m0/s1. The van der Waals surface area contributed by atoms with E-state index in [1.54, 1.807) is 30.3 Å². The van der Waals surface area contributed by atoms with Crippen molar-refractivity contribution in [2.45, 2.75) is 32.6 Å². The maximum atomic E-state index is 12.7. The van der Waals surface area contributed by atoms with Crippen molar-refractivity contribution in [2.24, 2.45) is 11.8 Å². The van der Waals surface area contributed by atoms with Crippen LogP contribution < -0.4 is 14.4 Å². The zero-order valence-corrected chi connectivity index (χ0v) is 16.3. The van der Waals surface area contributed by atoms with E-state index in [-0.39, 0.29) is 30.3 Å². The summed E-state index contributed by atoms with van der Waals surface area (Å²) in [6, 6.07) is 13.9. The van der Waals surface area contributed by atoms with E-state index in [9.17, 15) is 14.4 Å². The van der Waals surface area contributed by atoms with Crippen LogP contribution in [0.3, 0.4) is 0 Å². The van der Waals surface area contributed by atoms with Gasteiger partial charge in [0.25, 0.3) is 0 Å². The van der Waals surface area contributed by atoms with Gasteiger partial charge in [-0.1, -0.05) is 31.0 Å². The minimum Gasteiger partial charge on any atom is -0.482 e. The van der Waals surface area contributed by atoms with Crippen LogP contribution >= 0.6 is 0 Å². The first-order chi connectivity index (χ1) is 14.0. The lowest BCUT2D eigenvalue weighted by Crippen LogP contribution is -2.30. The van der Waals surface area contributed by atoms with Crippen molar-refractivity contribution >= 4 is 23.5 Å². The molecule has 6 heteroatoms. The fourth-order valence-electron chi connectivity index (χ4n) is 4.10. The van der Waals surface area contributed by atoms with Crippen molar-refractivity contribution in [3.05, 3.63) is 54.1 Å². The Morgan fingerprint density at radius 2 is 1.59 bits per heavy atom. The quantitative estimate of drug-likeness (QED) is 0.440. The molecule has 29 heavy (non-hydrogen) atoms. The van der Waals surface area contributed by atoms with Crippen LogP contribution in [-0.4, -0.2) is 24.4 Å². The van der Waals surface area contributed by atoms with Gasteiger partial charge in [-0.25, -0.2) is 4.79 Å². The SMILES string of the molecule is Cc1ccccc1OCC(=O)Oc1ccc(N2C(=O)[C@H]3CCCC[C@@H]3C2=O)cc1. The van der Waals surface area contributed by atoms with Crippen molar-refractivity contribution in [2.75, 3.05) is 11.5 Å². The number of carbonyl (C=O) groups excluding carboxylic acids is 3. The summed E-state index contributed by atoms with van der Waals surface area (Å²) >= 11 is 0. The molecular formula is C23H23NO5. The molecule has 2 atom stereocenters. The third-order valence-electron chi connectivity index (χ3n) is 5.61. The van der Waals surface area contributed by atoms with Gasteiger partial charge in [-0.2, -0.15) is 0 Å². The Balaban J connectivity index is 1.38. The molecule has 1 saturated heterocycles. The number of hydrogen-bond acceptors (Lipinski definition) is 5. The first-order valence-corrected chi connectivity index (χ1v) is 9.91. The first kappa shape index (κ1) is 19.2.